The number of hydrogen-bond acceptors (Lipinski definition) is 12. The second-order valence-corrected chi connectivity index (χ2v) is 9.52. The summed E-state index contributed by atoms with van der Waals surface area (Å²) in [5.74, 6) is -0.456. The number of hydrogen-bond donors (Lipinski definition) is 2. The average Bonchev–Trinajstić information content (AvgIpc) is 3.04. The molecule has 0 aromatic carbocycles. The van der Waals surface area contributed by atoms with Gasteiger partial charge in [0.05, 0.1) is 40.6 Å². The van der Waals surface area contributed by atoms with E-state index in [-0.39, 0.29) is 26.4 Å². The van der Waals surface area contributed by atoms with Crippen molar-refractivity contribution in [1.29, 1.82) is 0 Å². The first kappa shape index (κ1) is 44.4. The minimum atomic E-state index is -0.833. The van der Waals surface area contributed by atoms with E-state index in [1.54, 1.807) is 12.3 Å². The molecule has 0 radical (unpaired) electrons. The van der Waals surface area contributed by atoms with Crippen LogP contribution in [0.1, 0.15) is 19.4 Å². The molecule has 4 heterocycles. The van der Waals surface area contributed by atoms with E-state index in [0.29, 0.717) is 0 Å². The van der Waals surface area contributed by atoms with Crippen LogP contribution in [0.2, 0.25) is 0 Å². The Balaban J connectivity index is 0. The Morgan fingerprint density at radius 2 is 1.22 bits per heavy atom. The Kier molecular flexibility index (Phi) is 26.7. The van der Waals surface area contributed by atoms with Crippen molar-refractivity contribution in [2.45, 2.75) is 13.8 Å². The Morgan fingerprint density at radius 3 is 1.52 bits per heavy atom. The summed E-state index contributed by atoms with van der Waals surface area (Å²) in [6.07, 6.45) is 7.74. The maximum atomic E-state index is 10.9. The number of carbonyl (C=O) groups is 4. The molecule has 2 aliphatic heterocycles. The predicted molar refractivity (Wildman–Crippen MR) is 172 cm³/mol. The maximum absolute atomic E-state index is 10.9. The summed E-state index contributed by atoms with van der Waals surface area (Å²) in [4.78, 5) is 51.9. The number of carboxylic acid groups (broad SMARTS) is 2. The van der Waals surface area contributed by atoms with Crippen LogP contribution >= 0.6 is 15.9 Å². The Bertz CT molecular complexity index is 1170. The Hall–Kier alpha value is -3.68. The molecule has 2 saturated heterocycles. The first-order chi connectivity index (χ1) is 21.4. The largest absolute Gasteiger partial charge is 0.481 e. The molecule has 16 heteroatoms. The van der Waals surface area contributed by atoms with Gasteiger partial charge in [-0.25, -0.2) is 19.6 Å². The van der Waals surface area contributed by atoms with Crippen LogP contribution < -0.4 is 9.80 Å². The molecular weight excluding hydrogens is 763 g/mol. The number of methoxy groups -OCH3 is 2. The van der Waals surface area contributed by atoms with Crippen LogP contribution in [0.4, 0.5) is 11.6 Å². The molecule has 14 nitrogen and oxygen atoms in total. The van der Waals surface area contributed by atoms with Gasteiger partial charge in [0.15, 0.2) is 0 Å². The molecule has 0 atom stereocenters. The molecule has 0 bridgehead atoms. The van der Waals surface area contributed by atoms with Crippen LogP contribution in [0.5, 0.6) is 0 Å². The summed E-state index contributed by atoms with van der Waals surface area (Å²) in [6, 6.07) is 7.91. The predicted octanol–water partition coefficient (Wildman–Crippen LogP) is 3.31. The number of ether oxygens (including phenoxy) is 4. The van der Waals surface area contributed by atoms with E-state index in [9.17, 15) is 9.59 Å². The summed E-state index contributed by atoms with van der Waals surface area (Å²) in [5.41, 5.74) is 0.873. The van der Waals surface area contributed by atoms with Gasteiger partial charge in [0.2, 0.25) is 0 Å². The second-order valence-electron chi connectivity index (χ2n) is 8.61. The summed E-state index contributed by atoms with van der Waals surface area (Å²) in [6.45, 7) is 12.0. The maximum Gasteiger partial charge on any atom is 0.330 e. The first-order valence-electron chi connectivity index (χ1n) is 13.5. The van der Waals surface area contributed by atoms with Crippen molar-refractivity contribution >= 4 is 57.5 Å². The third-order valence-corrected chi connectivity index (χ3v) is 5.60. The third-order valence-electron chi connectivity index (χ3n) is 5.13. The van der Waals surface area contributed by atoms with E-state index in [0.717, 1.165) is 94.2 Å². The fourth-order valence-electron chi connectivity index (χ4n) is 3.14. The van der Waals surface area contributed by atoms with E-state index < -0.39 is 17.9 Å². The van der Waals surface area contributed by atoms with Gasteiger partial charge in [0, 0.05) is 89.5 Å². The van der Waals surface area contributed by atoms with E-state index in [1.807, 2.05) is 30.5 Å². The quantitative estimate of drug-likeness (QED) is 0.256. The Labute approximate surface area is 291 Å². The Morgan fingerprint density at radius 1 is 0.804 bits per heavy atom. The second kappa shape index (κ2) is 27.6. The number of carbonyl (C=O) groups excluding carboxylic acids is 2. The molecule has 2 aliphatic rings. The number of carboxylic acids is 2. The van der Waals surface area contributed by atoms with Gasteiger partial charge in [0.25, 0.3) is 11.9 Å². The normalized spacial score (nSPS) is 13.2. The fourth-order valence-corrected chi connectivity index (χ4v) is 3.37. The molecule has 2 aromatic rings. The summed E-state index contributed by atoms with van der Waals surface area (Å²) in [5, 5.41) is 14.8. The number of rotatable bonds is 5. The third kappa shape index (κ3) is 23.7. The zero-order chi connectivity index (χ0) is 34.0. The number of esters is 2. The van der Waals surface area contributed by atoms with Crippen LogP contribution in [0.25, 0.3) is 6.08 Å². The molecule has 4 rings (SSSR count). The van der Waals surface area contributed by atoms with Gasteiger partial charge in [-0.2, -0.15) is 0 Å². The average molecular weight is 804 g/mol. The molecule has 0 spiro atoms. The van der Waals surface area contributed by atoms with Crippen molar-refractivity contribution in [1.82, 2.24) is 9.97 Å². The molecule has 2 fully saturated rings. The zero-order valence-electron chi connectivity index (χ0n) is 26.2. The van der Waals surface area contributed by atoms with Crippen LogP contribution in [0, 0.1) is 0 Å². The van der Waals surface area contributed by atoms with E-state index in [2.05, 4.69) is 51.8 Å². The van der Waals surface area contributed by atoms with Gasteiger partial charge in [-0.3, -0.25) is 9.59 Å². The van der Waals surface area contributed by atoms with Crippen LogP contribution in [-0.2, 0) is 58.5 Å². The minimum absolute atomic E-state index is 0. The molecular formula is C30H41BrN4O10Pd. The van der Waals surface area contributed by atoms with Gasteiger partial charge in [-0.1, -0.05) is 6.58 Å². The number of anilines is 2. The molecule has 46 heavy (non-hydrogen) atoms. The molecule has 2 N–H and O–H groups in total. The van der Waals surface area contributed by atoms with Crippen molar-refractivity contribution < 1.29 is 68.8 Å². The standard InChI is InChI=1S/C13H16N2O3.C9H11BrN2O.C4H6O2.2C2H4O2.Pd/c1-17-13(16)5-3-11-2-4-12(14-10-11)15-6-8-18-9-7-15;10-8-1-2-9(11-7-8)12-3-5-13-6-4-12;1-3-4(5)6-2;2*1-2(3)4;/h2-5,10H,6-9H2,1H3;1-2,7H,3-6H2;3H,1H2,2H3;2*1H3,(H,3,4);/b5-3+;;;;;. The minimum Gasteiger partial charge on any atom is -0.481 e. The number of aromatic nitrogens is 2. The first-order valence-corrected chi connectivity index (χ1v) is 14.3. The molecule has 0 aliphatic carbocycles. The number of aliphatic carboxylic acids is 2. The van der Waals surface area contributed by atoms with Crippen LogP contribution in [0.15, 0.2) is 59.9 Å². The number of morpholine rings is 2. The van der Waals surface area contributed by atoms with E-state index in [1.165, 1.54) is 20.3 Å². The zero-order valence-corrected chi connectivity index (χ0v) is 29.3. The molecule has 0 unspecified atom stereocenters. The topological polar surface area (TPSA) is 178 Å². The van der Waals surface area contributed by atoms with E-state index >= 15 is 0 Å². The van der Waals surface area contributed by atoms with Gasteiger partial charge in [-0.05, 0) is 51.8 Å². The summed E-state index contributed by atoms with van der Waals surface area (Å²) >= 11 is 3.36. The number of pyridine rings is 2. The molecule has 0 amide bonds. The van der Waals surface area contributed by atoms with Crippen molar-refractivity contribution in [3.8, 4) is 0 Å². The summed E-state index contributed by atoms with van der Waals surface area (Å²) in [7, 11) is 2.66. The number of halogens is 1. The van der Waals surface area contributed by atoms with Crippen molar-refractivity contribution in [2.24, 2.45) is 0 Å². The fraction of sp³-hybridized carbons (Fsp3) is 0.400. The van der Waals surface area contributed by atoms with Crippen LogP contribution in [-0.4, -0.2) is 111 Å². The molecule has 258 valence electrons. The van der Waals surface area contributed by atoms with Gasteiger partial charge < -0.3 is 39.0 Å². The van der Waals surface area contributed by atoms with Gasteiger partial charge in [0.1, 0.15) is 11.6 Å². The molecule has 2 aromatic heterocycles. The van der Waals surface area contributed by atoms with Crippen molar-refractivity contribution in [3.63, 3.8) is 0 Å². The van der Waals surface area contributed by atoms with Crippen LogP contribution in [0.3, 0.4) is 0 Å². The SMILES string of the molecule is Brc1ccc(N2CCOCC2)nc1.C=CC(=O)OC.CC(=O)O.CC(=O)O.COC(=O)/C=C/c1ccc(N2CCOCC2)nc1.[Pd]. The van der Waals surface area contributed by atoms with Gasteiger partial charge >= 0.3 is 11.9 Å². The van der Waals surface area contributed by atoms with E-state index in [4.69, 9.17) is 29.3 Å². The smallest absolute Gasteiger partial charge is 0.330 e. The summed E-state index contributed by atoms with van der Waals surface area (Å²) < 4.78 is 20.2. The number of nitrogens with zero attached hydrogens (tertiary/aromatic N) is 4. The van der Waals surface area contributed by atoms with Gasteiger partial charge in [-0.15, -0.1) is 0 Å². The molecule has 0 saturated carbocycles. The van der Waals surface area contributed by atoms with Crippen molar-refractivity contribution in [2.75, 3.05) is 76.6 Å². The van der Waals surface area contributed by atoms with Crippen molar-refractivity contribution in [3.05, 3.63) is 65.4 Å². The monoisotopic (exact) mass is 802 g/mol.